The SMILES string of the molecule is CCOC(=O)C1=C(c2ccccc2)N=c2s/c(=C/c3cc4c(cc3Cl)OCO4)c(=O)n2C1c1ccc(SC)cc1. The van der Waals surface area contributed by atoms with Gasteiger partial charge in [-0.05, 0) is 48.6 Å². The minimum atomic E-state index is -0.740. The highest BCUT2D eigenvalue weighted by Gasteiger charge is 2.35. The first-order chi connectivity index (χ1) is 19.5. The van der Waals surface area contributed by atoms with E-state index in [4.69, 9.17) is 30.8 Å². The van der Waals surface area contributed by atoms with Crippen LogP contribution < -0.4 is 24.4 Å². The smallest absolute Gasteiger partial charge is 0.338 e. The quantitative estimate of drug-likeness (QED) is 0.231. The number of hydrogen-bond donors (Lipinski definition) is 0. The summed E-state index contributed by atoms with van der Waals surface area (Å²) < 4.78 is 18.4. The van der Waals surface area contributed by atoms with Gasteiger partial charge < -0.3 is 14.2 Å². The molecule has 0 bridgehead atoms. The van der Waals surface area contributed by atoms with Crippen LogP contribution in [0.2, 0.25) is 5.02 Å². The van der Waals surface area contributed by atoms with E-state index in [0.29, 0.717) is 42.7 Å². The molecule has 3 heterocycles. The van der Waals surface area contributed by atoms with Crippen LogP contribution in [0.3, 0.4) is 0 Å². The average molecular weight is 591 g/mol. The molecule has 0 fully saturated rings. The lowest BCUT2D eigenvalue weighted by atomic mass is 9.93. The summed E-state index contributed by atoms with van der Waals surface area (Å²) in [4.78, 5) is 34.0. The van der Waals surface area contributed by atoms with Gasteiger partial charge in [0.25, 0.3) is 5.56 Å². The molecule has 0 radical (unpaired) electrons. The average Bonchev–Trinajstić information content (AvgIpc) is 3.56. The second-order valence-electron chi connectivity index (χ2n) is 8.93. The van der Waals surface area contributed by atoms with Crippen molar-refractivity contribution >= 4 is 52.4 Å². The third-order valence-electron chi connectivity index (χ3n) is 6.58. The Kier molecular flexibility index (Phi) is 7.27. The number of carbonyl (C=O) groups excluding carboxylic acids is 1. The number of benzene rings is 3. The van der Waals surface area contributed by atoms with Gasteiger partial charge in [-0.2, -0.15) is 0 Å². The number of ether oxygens (including phenoxy) is 3. The monoisotopic (exact) mass is 590 g/mol. The molecule has 0 aliphatic carbocycles. The van der Waals surface area contributed by atoms with Crippen molar-refractivity contribution in [2.45, 2.75) is 17.9 Å². The number of thioether (sulfide) groups is 1. The van der Waals surface area contributed by atoms with Gasteiger partial charge in [0.15, 0.2) is 16.3 Å². The first-order valence-corrected chi connectivity index (χ1v) is 14.9. The van der Waals surface area contributed by atoms with Crippen LogP contribution in [0.15, 0.2) is 87.0 Å². The fraction of sp³-hybridized carbons (Fsp3) is 0.167. The summed E-state index contributed by atoms with van der Waals surface area (Å²) in [5.74, 6) is 0.604. The van der Waals surface area contributed by atoms with Crippen LogP contribution in [0, 0.1) is 0 Å². The zero-order chi connectivity index (χ0) is 27.8. The van der Waals surface area contributed by atoms with Gasteiger partial charge in [0.1, 0.15) is 0 Å². The molecule has 3 aromatic carbocycles. The molecule has 0 amide bonds. The molecular weight excluding hydrogens is 568 g/mol. The van der Waals surface area contributed by atoms with E-state index in [1.165, 1.54) is 11.3 Å². The van der Waals surface area contributed by atoms with Gasteiger partial charge in [-0.25, -0.2) is 9.79 Å². The van der Waals surface area contributed by atoms with Crippen molar-refractivity contribution in [3.8, 4) is 11.5 Å². The molecule has 2 aliphatic rings. The van der Waals surface area contributed by atoms with E-state index < -0.39 is 12.0 Å². The van der Waals surface area contributed by atoms with Crippen molar-refractivity contribution in [1.29, 1.82) is 0 Å². The number of carbonyl (C=O) groups is 1. The second-order valence-corrected chi connectivity index (χ2v) is 11.2. The van der Waals surface area contributed by atoms with Crippen LogP contribution in [0.25, 0.3) is 11.8 Å². The van der Waals surface area contributed by atoms with Crippen LogP contribution in [0.4, 0.5) is 0 Å². The maximum absolute atomic E-state index is 14.0. The van der Waals surface area contributed by atoms with Crippen molar-refractivity contribution in [3.05, 3.63) is 114 Å². The van der Waals surface area contributed by atoms with Gasteiger partial charge in [0.05, 0.1) is 33.5 Å². The summed E-state index contributed by atoms with van der Waals surface area (Å²) in [7, 11) is 0. The standard InChI is InChI=1S/C30H23ClN2O5S2/c1-3-36-29(35)25-26(17-7-5-4-6-8-17)32-30-33(27(25)18-9-11-20(39-2)12-10-18)28(34)24(40-30)14-19-13-22-23(15-21(19)31)38-16-37-22/h4-15,27H,3,16H2,1-2H3/b24-14+. The van der Waals surface area contributed by atoms with Gasteiger partial charge in [-0.1, -0.05) is 65.4 Å². The zero-order valence-electron chi connectivity index (χ0n) is 21.5. The van der Waals surface area contributed by atoms with E-state index in [1.807, 2.05) is 60.9 Å². The van der Waals surface area contributed by atoms with Gasteiger partial charge >= 0.3 is 5.97 Å². The summed E-state index contributed by atoms with van der Waals surface area (Å²) in [5, 5.41) is 0.427. The highest BCUT2D eigenvalue weighted by Crippen LogP contribution is 2.38. The van der Waals surface area contributed by atoms with Gasteiger partial charge in [-0.15, -0.1) is 11.8 Å². The molecule has 10 heteroatoms. The Hall–Kier alpha value is -3.79. The molecule has 0 saturated heterocycles. The van der Waals surface area contributed by atoms with Crippen molar-refractivity contribution in [2.24, 2.45) is 4.99 Å². The maximum Gasteiger partial charge on any atom is 0.338 e. The van der Waals surface area contributed by atoms with Gasteiger partial charge in [0.2, 0.25) is 6.79 Å². The van der Waals surface area contributed by atoms with Gasteiger partial charge in [0, 0.05) is 16.5 Å². The van der Waals surface area contributed by atoms with Crippen molar-refractivity contribution in [3.63, 3.8) is 0 Å². The fourth-order valence-corrected chi connectivity index (χ4v) is 6.34. The third kappa shape index (κ3) is 4.74. The molecule has 2 aliphatic heterocycles. The first kappa shape index (κ1) is 26.4. The van der Waals surface area contributed by atoms with E-state index in [1.54, 1.807) is 41.5 Å². The lowest BCUT2D eigenvalue weighted by Crippen LogP contribution is -2.40. The largest absolute Gasteiger partial charge is 0.463 e. The van der Waals surface area contributed by atoms with E-state index in [9.17, 15) is 9.59 Å². The number of rotatable bonds is 6. The third-order valence-corrected chi connectivity index (χ3v) is 8.64. The number of nitrogens with zero attached hydrogens (tertiary/aromatic N) is 2. The fourth-order valence-electron chi connectivity index (χ4n) is 4.73. The van der Waals surface area contributed by atoms with Crippen molar-refractivity contribution < 1.29 is 19.0 Å². The van der Waals surface area contributed by atoms with Crippen LogP contribution in [0.5, 0.6) is 11.5 Å². The maximum atomic E-state index is 14.0. The predicted octanol–water partition coefficient (Wildman–Crippen LogP) is 5.04. The molecule has 7 nitrogen and oxygen atoms in total. The molecule has 1 atom stereocenters. The van der Waals surface area contributed by atoms with E-state index in [0.717, 1.165) is 16.0 Å². The summed E-state index contributed by atoms with van der Waals surface area (Å²) in [6.45, 7) is 2.06. The van der Waals surface area contributed by atoms with Crippen molar-refractivity contribution in [2.75, 3.05) is 19.7 Å². The predicted molar refractivity (Wildman–Crippen MR) is 157 cm³/mol. The molecule has 4 aromatic rings. The molecule has 6 rings (SSSR count). The Labute approximate surface area is 243 Å². The van der Waals surface area contributed by atoms with E-state index in [2.05, 4.69) is 0 Å². The van der Waals surface area contributed by atoms with E-state index >= 15 is 0 Å². The number of halogens is 1. The van der Waals surface area contributed by atoms with Crippen LogP contribution in [-0.4, -0.2) is 30.2 Å². The Balaban J connectivity index is 1.62. The minimum Gasteiger partial charge on any atom is -0.463 e. The van der Waals surface area contributed by atoms with Crippen LogP contribution in [0.1, 0.15) is 29.7 Å². The highest BCUT2D eigenvalue weighted by atomic mass is 35.5. The number of aromatic nitrogens is 1. The number of thiazole rings is 1. The summed E-state index contributed by atoms with van der Waals surface area (Å²) in [6.07, 6.45) is 3.72. The molecule has 0 spiro atoms. The summed E-state index contributed by atoms with van der Waals surface area (Å²) >= 11 is 9.38. The number of hydrogen-bond acceptors (Lipinski definition) is 8. The molecular formula is C30H23ClN2O5S2. The number of fused-ring (bicyclic) bond motifs is 2. The Morgan fingerprint density at radius 1 is 1.15 bits per heavy atom. The zero-order valence-corrected chi connectivity index (χ0v) is 23.9. The topological polar surface area (TPSA) is 79.1 Å². The Bertz CT molecular complexity index is 1830. The Morgan fingerprint density at radius 2 is 1.88 bits per heavy atom. The molecule has 40 heavy (non-hydrogen) atoms. The molecule has 0 N–H and O–H groups in total. The molecule has 1 unspecified atom stereocenters. The lowest BCUT2D eigenvalue weighted by Gasteiger charge is -2.26. The van der Waals surface area contributed by atoms with Crippen LogP contribution >= 0.6 is 34.7 Å². The summed E-state index contributed by atoms with van der Waals surface area (Å²) in [6, 6.07) is 20.0. The first-order valence-electron chi connectivity index (χ1n) is 12.5. The summed E-state index contributed by atoms with van der Waals surface area (Å²) in [5.41, 5.74) is 2.65. The molecule has 202 valence electrons. The highest BCUT2D eigenvalue weighted by molar-refractivity contribution is 7.98. The number of esters is 1. The van der Waals surface area contributed by atoms with E-state index in [-0.39, 0.29) is 19.0 Å². The molecule has 1 aromatic heterocycles. The molecule has 0 saturated carbocycles. The van der Waals surface area contributed by atoms with Crippen molar-refractivity contribution in [1.82, 2.24) is 4.57 Å². The van der Waals surface area contributed by atoms with Crippen LogP contribution in [-0.2, 0) is 9.53 Å². The van der Waals surface area contributed by atoms with Gasteiger partial charge in [-0.3, -0.25) is 9.36 Å². The second kappa shape index (κ2) is 11.0. The normalized spacial score (nSPS) is 16.1. The lowest BCUT2D eigenvalue weighted by molar-refractivity contribution is -0.138. The minimum absolute atomic E-state index is 0.117. The Morgan fingerprint density at radius 3 is 2.58 bits per heavy atom.